The Hall–Kier alpha value is -1.81. The van der Waals surface area contributed by atoms with Gasteiger partial charge in [0.05, 0.1) is 6.21 Å². The summed E-state index contributed by atoms with van der Waals surface area (Å²) in [4.78, 5) is 9.33. The zero-order valence-corrected chi connectivity index (χ0v) is 12.5. The average molecular weight is 293 g/mol. The molecule has 1 aromatic carbocycles. The van der Waals surface area contributed by atoms with E-state index in [0.717, 1.165) is 17.5 Å². The number of hydrogen-bond acceptors (Lipinski definition) is 4. The van der Waals surface area contributed by atoms with E-state index in [-0.39, 0.29) is 0 Å². The molecule has 0 saturated heterocycles. The number of halogens is 1. The van der Waals surface area contributed by atoms with Gasteiger partial charge in [-0.25, -0.2) is 4.99 Å². The number of hydrogen-bond donors (Lipinski definition) is 0. The van der Waals surface area contributed by atoms with Crippen LogP contribution in [0.15, 0.2) is 45.7 Å². The lowest BCUT2D eigenvalue weighted by Crippen LogP contribution is -2.19. The van der Waals surface area contributed by atoms with Gasteiger partial charge in [-0.05, 0) is 31.0 Å². The largest absolute Gasteiger partial charge is 0.440 e. The zero-order chi connectivity index (χ0) is 14.6. The first-order valence-corrected chi connectivity index (χ1v) is 6.82. The lowest BCUT2D eigenvalue weighted by atomic mass is 9.99. The molecule has 1 aliphatic rings. The van der Waals surface area contributed by atoms with Gasteiger partial charge in [-0.3, -0.25) is 0 Å². The van der Waals surface area contributed by atoms with Gasteiger partial charge < -0.3 is 9.57 Å². The second-order valence-corrected chi connectivity index (χ2v) is 4.88. The third-order valence-electron chi connectivity index (χ3n) is 3.31. The van der Waals surface area contributed by atoms with Crippen molar-refractivity contribution in [3.8, 4) is 0 Å². The molecule has 4 nitrogen and oxygen atoms in total. The molecule has 0 saturated carbocycles. The van der Waals surface area contributed by atoms with Crippen LogP contribution in [0.1, 0.15) is 31.4 Å². The molecule has 1 aromatic rings. The maximum Gasteiger partial charge on any atom is 0.222 e. The topological polar surface area (TPSA) is 43.2 Å². The summed E-state index contributed by atoms with van der Waals surface area (Å²) in [5, 5.41) is 3.75. The van der Waals surface area contributed by atoms with Crippen LogP contribution >= 0.6 is 11.6 Å². The molecule has 1 aliphatic heterocycles. The van der Waals surface area contributed by atoms with E-state index in [1.54, 1.807) is 6.21 Å². The van der Waals surface area contributed by atoms with Gasteiger partial charge >= 0.3 is 0 Å². The van der Waals surface area contributed by atoms with E-state index in [9.17, 15) is 0 Å². The van der Waals surface area contributed by atoms with Gasteiger partial charge in [0.2, 0.25) is 5.90 Å². The Bertz CT molecular complexity index is 581. The van der Waals surface area contributed by atoms with Crippen LogP contribution in [0.4, 0.5) is 0 Å². The van der Waals surface area contributed by atoms with Crippen LogP contribution in [-0.2, 0) is 9.57 Å². The quantitative estimate of drug-likeness (QED) is 0.627. The van der Waals surface area contributed by atoms with Gasteiger partial charge in [0.1, 0.15) is 18.4 Å². The highest BCUT2D eigenvalue weighted by Gasteiger charge is 2.36. The van der Waals surface area contributed by atoms with Crippen molar-refractivity contribution in [1.29, 1.82) is 0 Å². The Morgan fingerprint density at radius 3 is 2.90 bits per heavy atom. The average Bonchev–Trinajstić information content (AvgIpc) is 2.83. The standard InChI is InChI=1S/C15H17ClN2O2/c1-4-15(2)13(9-16)20-14(18-15)12-7-5-6-11(8-12)10-17-19-3/h5-10H,4H2,1-3H3. The van der Waals surface area contributed by atoms with Crippen molar-refractivity contribution in [1.82, 2.24) is 0 Å². The van der Waals surface area contributed by atoms with Crippen molar-refractivity contribution in [2.24, 2.45) is 10.1 Å². The Balaban J connectivity index is 2.33. The predicted molar refractivity (Wildman–Crippen MR) is 81.3 cm³/mol. The van der Waals surface area contributed by atoms with Crippen molar-refractivity contribution in [2.75, 3.05) is 7.11 Å². The minimum Gasteiger partial charge on any atom is -0.440 e. The third kappa shape index (κ3) is 2.85. The van der Waals surface area contributed by atoms with Gasteiger partial charge in [-0.2, -0.15) is 0 Å². The second-order valence-electron chi connectivity index (χ2n) is 4.66. The van der Waals surface area contributed by atoms with Crippen LogP contribution in [0.2, 0.25) is 0 Å². The normalized spacial score (nSPS) is 24.0. The SMILES string of the molecule is CCC1(C)N=C(c2cccc(C=NOC)c2)OC1=CCl. The summed E-state index contributed by atoms with van der Waals surface area (Å²) < 4.78 is 5.77. The number of benzene rings is 1. The molecular formula is C15H17ClN2O2. The van der Waals surface area contributed by atoms with Crippen molar-refractivity contribution in [3.05, 3.63) is 46.7 Å². The molecule has 0 radical (unpaired) electrons. The summed E-state index contributed by atoms with van der Waals surface area (Å²) in [6.45, 7) is 4.06. The van der Waals surface area contributed by atoms with E-state index >= 15 is 0 Å². The summed E-state index contributed by atoms with van der Waals surface area (Å²) in [6.07, 6.45) is 2.45. The van der Waals surface area contributed by atoms with Crippen LogP contribution in [0, 0.1) is 0 Å². The Morgan fingerprint density at radius 1 is 1.50 bits per heavy atom. The van der Waals surface area contributed by atoms with Crippen LogP contribution < -0.4 is 0 Å². The number of ether oxygens (including phenoxy) is 1. The van der Waals surface area contributed by atoms with E-state index in [2.05, 4.69) is 21.9 Å². The van der Waals surface area contributed by atoms with Crippen LogP contribution in [0.25, 0.3) is 0 Å². The molecule has 1 atom stereocenters. The maximum atomic E-state index is 5.83. The number of nitrogens with zero attached hydrogens (tertiary/aromatic N) is 2. The van der Waals surface area contributed by atoms with Crippen LogP contribution in [0.5, 0.6) is 0 Å². The molecule has 20 heavy (non-hydrogen) atoms. The van der Waals surface area contributed by atoms with Crippen molar-refractivity contribution in [3.63, 3.8) is 0 Å². The molecule has 0 aliphatic carbocycles. The third-order valence-corrected chi connectivity index (χ3v) is 3.51. The summed E-state index contributed by atoms with van der Waals surface area (Å²) >= 11 is 5.83. The van der Waals surface area contributed by atoms with E-state index in [4.69, 9.17) is 16.3 Å². The number of oxime groups is 1. The molecule has 0 aromatic heterocycles. The van der Waals surface area contributed by atoms with Gasteiger partial charge in [0.25, 0.3) is 0 Å². The van der Waals surface area contributed by atoms with Gasteiger partial charge in [-0.15, -0.1) is 0 Å². The van der Waals surface area contributed by atoms with Gasteiger partial charge in [0, 0.05) is 11.1 Å². The molecule has 0 bridgehead atoms. The fourth-order valence-electron chi connectivity index (χ4n) is 1.90. The summed E-state index contributed by atoms with van der Waals surface area (Å²) in [7, 11) is 1.51. The van der Waals surface area contributed by atoms with E-state index in [1.165, 1.54) is 12.6 Å². The van der Waals surface area contributed by atoms with E-state index in [0.29, 0.717) is 11.7 Å². The Morgan fingerprint density at radius 2 is 2.30 bits per heavy atom. The van der Waals surface area contributed by atoms with Crippen molar-refractivity contribution < 1.29 is 9.57 Å². The first kappa shape index (κ1) is 14.6. The lowest BCUT2D eigenvalue weighted by Gasteiger charge is -2.16. The first-order chi connectivity index (χ1) is 9.62. The Labute approximate surface area is 123 Å². The molecule has 5 heteroatoms. The minimum absolute atomic E-state index is 0.395. The van der Waals surface area contributed by atoms with E-state index < -0.39 is 5.54 Å². The molecule has 1 heterocycles. The lowest BCUT2D eigenvalue weighted by molar-refractivity contribution is 0.215. The molecule has 0 fully saturated rings. The number of aliphatic imine (C=N–C) groups is 1. The fourth-order valence-corrected chi connectivity index (χ4v) is 2.18. The minimum atomic E-state index is -0.395. The molecule has 0 N–H and O–H groups in total. The molecule has 0 spiro atoms. The summed E-state index contributed by atoms with van der Waals surface area (Å²) in [5.74, 6) is 1.25. The number of rotatable bonds is 4. The molecular weight excluding hydrogens is 276 g/mol. The summed E-state index contributed by atoms with van der Waals surface area (Å²) in [6, 6.07) is 7.73. The monoisotopic (exact) mass is 292 g/mol. The maximum absolute atomic E-state index is 5.83. The predicted octanol–water partition coefficient (Wildman–Crippen LogP) is 3.69. The van der Waals surface area contributed by atoms with Gasteiger partial charge in [0.15, 0.2) is 0 Å². The smallest absolute Gasteiger partial charge is 0.222 e. The molecule has 0 amide bonds. The second kappa shape index (κ2) is 6.09. The molecule has 1 unspecified atom stereocenters. The molecule has 106 valence electrons. The highest BCUT2D eigenvalue weighted by atomic mass is 35.5. The van der Waals surface area contributed by atoms with Crippen molar-refractivity contribution >= 4 is 23.7 Å². The van der Waals surface area contributed by atoms with Gasteiger partial charge in [-0.1, -0.05) is 35.8 Å². The summed E-state index contributed by atoms with van der Waals surface area (Å²) in [5.41, 5.74) is 2.86. The highest BCUT2D eigenvalue weighted by molar-refractivity contribution is 6.26. The Kier molecular flexibility index (Phi) is 4.45. The zero-order valence-electron chi connectivity index (χ0n) is 11.8. The fraction of sp³-hybridized carbons (Fsp3) is 0.333. The van der Waals surface area contributed by atoms with Crippen LogP contribution in [0.3, 0.4) is 0 Å². The first-order valence-electron chi connectivity index (χ1n) is 6.38. The van der Waals surface area contributed by atoms with Crippen molar-refractivity contribution in [2.45, 2.75) is 25.8 Å². The molecule has 2 rings (SSSR count). The highest BCUT2D eigenvalue weighted by Crippen LogP contribution is 2.34. The van der Waals surface area contributed by atoms with E-state index in [1.807, 2.05) is 31.2 Å². The van der Waals surface area contributed by atoms with Crippen LogP contribution in [-0.4, -0.2) is 24.8 Å².